The molecule has 0 fully saturated rings. The van der Waals surface area contributed by atoms with E-state index in [1.54, 1.807) is 14.2 Å². The summed E-state index contributed by atoms with van der Waals surface area (Å²) in [5.41, 5.74) is 0. The van der Waals surface area contributed by atoms with Crippen molar-refractivity contribution in [3.63, 3.8) is 0 Å². The average molecular weight is 228 g/mol. The van der Waals surface area contributed by atoms with Gasteiger partial charge in [-0.3, -0.25) is 0 Å². The fourth-order valence-corrected chi connectivity index (χ4v) is 0.671. The van der Waals surface area contributed by atoms with Gasteiger partial charge in [-0.05, 0) is 0 Å². The van der Waals surface area contributed by atoms with Crippen molar-refractivity contribution in [2.45, 2.75) is 24.4 Å². The molecule has 0 aromatic heterocycles. The van der Waals surface area contributed by atoms with Gasteiger partial charge in [-0.1, -0.05) is 0 Å². The zero-order valence-corrected chi connectivity index (χ0v) is 8.82. The summed E-state index contributed by atoms with van der Waals surface area (Å²) in [7, 11) is 3.25. The van der Waals surface area contributed by atoms with Crippen LogP contribution in [0.1, 0.15) is 0 Å². The monoisotopic (exact) mass is 228 g/mol. The summed E-state index contributed by atoms with van der Waals surface area (Å²) in [4.78, 5) is 0. The highest BCUT2D eigenvalue weighted by atomic mass is 16.5. The summed E-state index contributed by atoms with van der Waals surface area (Å²) >= 11 is 0. The number of rotatable bonds is 5. The Bertz CT molecular complexity index is 118. The second-order valence-electron chi connectivity index (χ2n) is 2.89. The van der Waals surface area contributed by atoms with Gasteiger partial charge in [0.2, 0.25) is 0 Å². The molecule has 0 radical (unpaired) electrons. The molecule has 0 bridgehead atoms. The fourth-order valence-electron chi connectivity index (χ4n) is 0.671. The van der Waals surface area contributed by atoms with Crippen LogP contribution in [0.15, 0.2) is 0 Å². The summed E-state index contributed by atoms with van der Waals surface area (Å²) in [6, 6.07) is 0. The average Bonchev–Trinajstić information content (AvgIpc) is 2.25. The Labute approximate surface area is 88.2 Å². The zero-order valence-electron chi connectivity index (χ0n) is 8.82. The van der Waals surface area contributed by atoms with Crippen molar-refractivity contribution in [2.75, 3.05) is 27.4 Å². The normalized spacial score (nSPS) is 18.4. The van der Waals surface area contributed by atoms with E-state index < -0.39 is 37.6 Å². The quantitative estimate of drug-likeness (QED) is 0.290. The van der Waals surface area contributed by atoms with E-state index in [0.29, 0.717) is 0 Å². The molecule has 0 aromatic carbocycles. The van der Waals surface area contributed by atoms with Gasteiger partial charge in [-0.2, -0.15) is 0 Å². The third-order valence-corrected chi connectivity index (χ3v) is 1.51. The van der Waals surface area contributed by atoms with Crippen molar-refractivity contribution in [3.8, 4) is 0 Å². The molecular weight excluding hydrogens is 208 g/mol. The molecule has 0 rings (SSSR count). The Hall–Kier alpha value is -0.280. The van der Waals surface area contributed by atoms with Gasteiger partial charge in [-0.25, -0.2) is 0 Å². The molecule has 4 unspecified atom stereocenters. The lowest BCUT2D eigenvalue weighted by Gasteiger charge is -2.24. The molecule has 0 saturated carbocycles. The van der Waals surface area contributed by atoms with Gasteiger partial charge in [0.05, 0.1) is 13.2 Å². The van der Waals surface area contributed by atoms with Crippen LogP contribution in [-0.4, -0.2) is 82.5 Å². The van der Waals surface area contributed by atoms with Crippen LogP contribution < -0.4 is 0 Å². The largest absolute Gasteiger partial charge is 0.394 e. The Kier molecular flexibility index (Phi) is 11.7. The van der Waals surface area contributed by atoms with E-state index >= 15 is 0 Å². The summed E-state index contributed by atoms with van der Waals surface area (Å²) in [5.74, 6) is 0. The lowest BCUT2D eigenvalue weighted by atomic mass is 10.0. The minimum atomic E-state index is -1.67. The third-order valence-electron chi connectivity index (χ3n) is 1.51. The van der Waals surface area contributed by atoms with Crippen molar-refractivity contribution in [3.05, 3.63) is 0 Å². The predicted molar refractivity (Wildman–Crippen MR) is 51.1 cm³/mol. The van der Waals surface area contributed by atoms with Crippen LogP contribution >= 0.6 is 0 Å². The minimum absolute atomic E-state index is 0.726. The van der Waals surface area contributed by atoms with Gasteiger partial charge in [0.1, 0.15) is 24.4 Å². The molecule has 0 aliphatic rings. The summed E-state index contributed by atoms with van der Waals surface area (Å²) in [5, 5.41) is 52.2. The molecule has 0 aromatic rings. The molecule has 94 valence electrons. The van der Waals surface area contributed by atoms with E-state index in [9.17, 15) is 0 Å². The Morgan fingerprint density at radius 1 is 0.800 bits per heavy atom. The molecule has 7 nitrogen and oxygen atoms in total. The molecule has 0 saturated heterocycles. The van der Waals surface area contributed by atoms with Crippen molar-refractivity contribution in [2.24, 2.45) is 0 Å². The second kappa shape index (κ2) is 10.2. The van der Waals surface area contributed by atoms with Gasteiger partial charge >= 0.3 is 0 Å². The highest BCUT2D eigenvalue weighted by Crippen LogP contribution is 2.03. The first kappa shape index (κ1) is 17.1. The number of ether oxygens (including phenoxy) is 1. The van der Waals surface area contributed by atoms with E-state index in [-0.39, 0.29) is 0 Å². The molecular formula is C8H20O7. The van der Waals surface area contributed by atoms with Crippen LogP contribution in [0.2, 0.25) is 0 Å². The molecule has 0 aliphatic carbocycles. The van der Waals surface area contributed by atoms with Crippen LogP contribution in [0.5, 0.6) is 0 Å². The van der Waals surface area contributed by atoms with Crippen LogP contribution in [0, 0.1) is 0 Å². The maximum absolute atomic E-state index is 8.96. The van der Waals surface area contributed by atoms with Gasteiger partial charge in [0.15, 0.2) is 0 Å². The maximum atomic E-state index is 8.96. The highest BCUT2D eigenvalue weighted by molar-refractivity contribution is 4.79. The number of aliphatic hydroxyl groups is 6. The van der Waals surface area contributed by atoms with Crippen LogP contribution in [0.25, 0.3) is 0 Å². The molecule has 4 atom stereocenters. The zero-order chi connectivity index (χ0) is 12.4. The van der Waals surface area contributed by atoms with Gasteiger partial charge < -0.3 is 35.4 Å². The SMILES string of the molecule is COC.OCC(O)C(O)C(O)C(O)CO. The van der Waals surface area contributed by atoms with E-state index in [0.717, 1.165) is 0 Å². The smallest absolute Gasteiger partial charge is 0.111 e. The van der Waals surface area contributed by atoms with E-state index in [2.05, 4.69) is 4.74 Å². The number of aliphatic hydroxyl groups excluding tert-OH is 6. The summed E-state index contributed by atoms with van der Waals surface area (Å²) in [6.07, 6.45) is -6.39. The van der Waals surface area contributed by atoms with Crippen LogP contribution in [0.4, 0.5) is 0 Å². The Morgan fingerprint density at radius 3 is 1.13 bits per heavy atom. The minimum Gasteiger partial charge on any atom is -0.394 e. The molecule has 15 heavy (non-hydrogen) atoms. The topological polar surface area (TPSA) is 131 Å². The first-order valence-corrected chi connectivity index (χ1v) is 4.30. The fraction of sp³-hybridized carbons (Fsp3) is 1.00. The standard InChI is InChI=1S/C6H14O6.C2H6O/c7-1-3(9)5(11)6(12)4(10)2-8;1-3-2/h3-12H,1-2H2;1-2H3. The van der Waals surface area contributed by atoms with Crippen molar-refractivity contribution in [1.29, 1.82) is 0 Å². The number of methoxy groups -OCH3 is 1. The number of hydrogen-bond donors (Lipinski definition) is 6. The predicted octanol–water partition coefficient (Wildman–Crippen LogP) is -3.32. The van der Waals surface area contributed by atoms with Gasteiger partial charge in [0.25, 0.3) is 0 Å². The van der Waals surface area contributed by atoms with E-state index in [1.165, 1.54) is 0 Å². The van der Waals surface area contributed by atoms with Gasteiger partial charge in [-0.15, -0.1) is 0 Å². The molecule has 7 heteroatoms. The van der Waals surface area contributed by atoms with Crippen molar-refractivity contribution < 1.29 is 35.4 Å². The molecule has 6 N–H and O–H groups in total. The molecule has 0 spiro atoms. The Balaban J connectivity index is 0. The highest BCUT2D eigenvalue weighted by Gasteiger charge is 2.29. The lowest BCUT2D eigenvalue weighted by molar-refractivity contribution is -0.123. The van der Waals surface area contributed by atoms with Crippen molar-refractivity contribution >= 4 is 0 Å². The molecule has 0 aliphatic heterocycles. The molecule has 0 heterocycles. The first-order chi connectivity index (χ1) is 6.95. The summed E-state index contributed by atoms with van der Waals surface area (Å²) in [6.45, 7) is -1.45. The van der Waals surface area contributed by atoms with E-state index in [4.69, 9.17) is 30.6 Å². The second-order valence-corrected chi connectivity index (χ2v) is 2.89. The van der Waals surface area contributed by atoms with E-state index in [1.807, 2.05) is 0 Å². The number of hydrogen-bond acceptors (Lipinski definition) is 7. The molecule has 0 amide bonds. The first-order valence-electron chi connectivity index (χ1n) is 4.30. The lowest BCUT2D eigenvalue weighted by Crippen LogP contribution is -2.46. The van der Waals surface area contributed by atoms with Crippen molar-refractivity contribution in [1.82, 2.24) is 0 Å². The third kappa shape index (κ3) is 7.63. The van der Waals surface area contributed by atoms with Crippen LogP contribution in [-0.2, 0) is 4.74 Å². The van der Waals surface area contributed by atoms with Crippen LogP contribution in [0.3, 0.4) is 0 Å². The Morgan fingerprint density at radius 2 is 1.00 bits per heavy atom. The van der Waals surface area contributed by atoms with Gasteiger partial charge in [0, 0.05) is 14.2 Å². The summed E-state index contributed by atoms with van der Waals surface area (Å²) < 4.78 is 4.25. The maximum Gasteiger partial charge on any atom is 0.111 e.